The first-order valence-electron chi connectivity index (χ1n) is 17.4. The van der Waals surface area contributed by atoms with Crippen LogP contribution in [0.3, 0.4) is 0 Å². The molecule has 1 unspecified atom stereocenters. The van der Waals surface area contributed by atoms with Crippen LogP contribution in [-0.2, 0) is 9.53 Å². The second kappa shape index (κ2) is 29.8. The Labute approximate surface area is 248 Å². The Morgan fingerprint density at radius 3 is 1.40 bits per heavy atom. The molecule has 0 saturated heterocycles. The molecule has 0 bridgehead atoms. The minimum absolute atomic E-state index is 0.369. The van der Waals surface area contributed by atoms with Gasteiger partial charge in [-0.1, -0.05) is 130 Å². The summed E-state index contributed by atoms with van der Waals surface area (Å²) in [6.07, 6.45) is 23.6. The molecule has 3 N–H and O–H groups in total. The first-order chi connectivity index (χ1) is 19.4. The Morgan fingerprint density at radius 2 is 0.950 bits per heavy atom. The summed E-state index contributed by atoms with van der Waals surface area (Å²) in [6, 6.07) is 0. The monoisotopic (exact) mass is 572 g/mol. The molecule has 0 aliphatic carbocycles. The molecule has 0 radical (unpaired) electrons. The Bertz CT molecular complexity index is 504. The standard InChI is InChI=1S/C34H69NO5/c1-4-7-10-12-14-16-18-20-24-31(36)29-35(27-23-22-26-33(38)34(39)40-28-9-6-3)30-32(37)25-21-19-17-15-13-11-8-5-2/h31-33,36-38H,4-30H2,1-3H3/t31-,32-,33?/m1/s1. The Kier molecular flexibility index (Phi) is 29.3. The highest BCUT2D eigenvalue weighted by Crippen LogP contribution is 2.14. The summed E-state index contributed by atoms with van der Waals surface area (Å²) >= 11 is 0. The van der Waals surface area contributed by atoms with Crippen LogP contribution < -0.4 is 0 Å². The zero-order chi connectivity index (χ0) is 29.7. The average molecular weight is 572 g/mol. The molecule has 6 heteroatoms. The maximum absolute atomic E-state index is 11.9. The molecule has 0 aliphatic rings. The highest BCUT2D eigenvalue weighted by molar-refractivity contribution is 5.74. The van der Waals surface area contributed by atoms with Crippen molar-refractivity contribution in [2.24, 2.45) is 0 Å². The van der Waals surface area contributed by atoms with Crippen molar-refractivity contribution in [1.29, 1.82) is 0 Å². The molecule has 0 aromatic heterocycles. The van der Waals surface area contributed by atoms with Gasteiger partial charge in [0.05, 0.1) is 18.8 Å². The summed E-state index contributed by atoms with van der Waals surface area (Å²) in [6.45, 7) is 8.80. The van der Waals surface area contributed by atoms with Gasteiger partial charge in [0, 0.05) is 13.1 Å². The van der Waals surface area contributed by atoms with Gasteiger partial charge in [-0.25, -0.2) is 4.79 Å². The second-order valence-corrected chi connectivity index (χ2v) is 12.1. The number of carbonyl (C=O) groups is 1. The van der Waals surface area contributed by atoms with Gasteiger partial charge in [0.15, 0.2) is 6.10 Å². The van der Waals surface area contributed by atoms with Crippen LogP contribution in [0.4, 0.5) is 0 Å². The van der Waals surface area contributed by atoms with E-state index in [0.717, 1.165) is 51.5 Å². The fraction of sp³-hybridized carbons (Fsp3) is 0.971. The van der Waals surface area contributed by atoms with Gasteiger partial charge in [-0.15, -0.1) is 0 Å². The van der Waals surface area contributed by atoms with Crippen LogP contribution in [0.25, 0.3) is 0 Å². The predicted octanol–water partition coefficient (Wildman–Crippen LogP) is 7.95. The molecule has 0 amide bonds. The van der Waals surface area contributed by atoms with Gasteiger partial charge in [0.1, 0.15) is 0 Å². The quantitative estimate of drug-likeness (QED) is 0.0578. The highest BCUT2D eigenvalue weighted by Gasteiger charge is 2.18. The third-order valence-electron chi connectivity index (χ3n) is 7.94. The highest BCUT2D eigenvalue weighted by atomic mass is 16.5. The number of hydrogen-bond donors (Lipinski definition) is 3. The minimum atomic E-state index is -1.06. The largest absolute Gasteiger partial charge is 0.464 e. The van der Waals surface area contributed by atoms with Crippen molar-refractivity contribution < 1.29 is 24.9 Å². The fourth-order valence-corrected chi connectivity index (χ4v) is 5.27. The van der Waals surface area contributed by atoms with Crippen molar-refractivity contribution in [3.8, 4) is 0 Å². The minimum Gasteiger partial charge on any atom is -0.464 e. The molecule has 0 spiro atoms. The van der Waals surface area contributed by atoms with E-state index in [1.807, 2.05) is 6.92 Å². The molecule has 0 aromatic rings. The van der Waals surface area contributed by atoms with E-state index in [4.69, 9.17) is 4.74 Å². The van der Waals surface area contributed by atoms with Crippen molar-refractivity contribution >= 4 is 5.97 Å². The van der Waals surface area contributed by atoms with Crippen LogP contribution in [0.5, 0.6) is 0 Å². The molecule has 3 atom stereocenters. The number of carbonyl (C=O) groups excluding carboxylic acids is 1. The third-order valence-corrected chi connectivity index (χ3v) is 7.94. The lowest BCUT2D eigenvalue weighted by molar-refractivity contribution is -0.154. The molecule has 0 rings (SSSR count). The Balaban J connectivity index is 4.41. The zero-order valence-electron chi connectivity index (χ0n) is 26.9. The number of ether oxygens (including phenoxy) is 1. The van der Waals surface area contributed by atoms with Gasteiger partial charge >= 0.3 is 5.97 Å². The summed E-state index contributed by atoms with van der Waals surface area (Å²) in [5.41, 5.74) is 0. The van der Waals surface area contributed by atoms with Gasteiger partial charge in [0.2, 0.25) is 0 Å². The number of aliphatic hydroxyl groups excluding tert-OH is 3. The zero-order valence-corrected chi connectivity index (χ0v) is 26.9. The van der Waals surface area contributed by atoms with E-state index in [9.17, 15) is 20.1 Å². The molecule has 240 valence electrons. The molecular weight excluding hydrogens is 502 g/mol. The van der Waals surface area contributed by atoms with Crippen molar-refractivity contribution in [2.75, 3.05) is 26.2 Å². The van der Waals surface area contributed by atoms with Gasteiger partial charge in [-0.2, -0.15) is 0 Å². The molecule has 40 heavy (non-hydrogen) atoms. The van der Waals surface area contributed by atoms with Crippen LogP contribution in [0.2, 0.25) is 0 Å². The molecule has 6 nitrogen and oxygen atoms in total. The maximum atomic E-state index is 11.9. The summed E-state index contributed by atoms with van der Waals surface area (Å²) in [5.74, 6) is -0.521. The number of aliphatic hydroxyl groups is 3. The predicted molar refractivity (Wildman–Crippen MR) is 169 cm³/mol. The summed E-state index contributed by atoms with van der Waals surface area (Å²) in [7, 11) is 0. The van der Waals surface area contributed by atoms with Crippen LogP contribution in [0.15, 0.2) is 0 Å². The number of rotatable bonds is 31. The van der Waals surface area contributed by atoms with Gasteiger partial charge < -0.3 is 20.1 Å². The first kappa shape index (κ1) is 39.3. The fourth-order valence-electron chi connectivity index (χ4n) is 5.27. The molecule has 0 aliphatic heterocycles. The Hall–Kier alpha value is -0.690. The molecule has 0 heterocycles. The van der Waals surface area contributed by atoms with Crippen molar-refractivity contribution in [2.45, 2.75) is 187 Å². The van der Waals surface area contributed by atoms with Crippen LogP contribution in [0.1, 0.15) is 168 Å². The van der Waals surface area contributed by atoms with E-state index >= 15 is 0 Å². The molecular formula is C34H69NO5. The average Bonchev–Trinajstić information content (AvgIpc) is 2.93. The van der Waals surface area contributed by atoms with Crippen LogP contribution in [-0.4, -0.2) is 70.7 Å². The molecule has 0 aromatic carbocycles. The van der Waals surface area contributed by atoms with E-state index < -0.39 is 12.1 Å². The third kappa shape index (κ3) is 26.2. The summed E-state index contributed by atoms with van der Waals surface area (Å²) in [5, 5.41) is 31.6. The van der Waals surface area contributed by atoms with Gasteiger partial charge in [0.25, 0.3) is 0 Å². The number of unbranched alkanes of at least 4 members (excludes halogenated alkanes) is 16. The van der Waals surface area contributed by atoms with Crippen LogP contribution in [0, 0.1) is 0 Å². The van der Waals surface area contributed by atoms with Gasteiger partial charge in [-0.3, -0.25) is 4.90 Å². The molecule has 0 fully saturated rings. The summed E-state index contributed by atoms with van der Waals surface area (Å²) < 4.78 is 5.12. The smallest absolute Gasteiger partial charge is 0.334 e. The van der Waals surface area contributed by atoms with E-state index in [1.165, 1.54) is 89.9 Å². The normalized spacial score (nSPS) is 14.0. The number of esters is 1. The second-order valence-electron chi connectivity index (χ2n) is 12.1. The lowest BCUT2D eigenvalue weighted by Gasteiger charge is -2.27. The van der Waals surface area contributed by atoms with Crippen molar-refractivity contribution in [3.63, 3.8) is 0 Å². The van der Waals surface area contributed by atoms with E-state index in [1.54, 1.807) is 0 Å². The van der Waals surface area contributed by atoms with E-state index in [2.05, 4.69) is 18.7 Å². The maximum Gasteiger partial charge on any atom is 0.334 e. The van der Waals surface area contributed by atoms with Gasteiger partial charge in [-0.05, 0) is 45.1 Å². The van der Waals surface area contributed by atoms with E-state index in [-0.39, 0.29) is 12.2 Å². The van der Waals surface area contributed by atoms with Crippen molar-refractivity contribution in [1.82, 2.24) is 4.90 Å². The topological polar surface area (TPSA) is 90.2 Å². The lowest BCUT2D eigenvalue weighted by Crippen LogP contribution is -2.38. The van der Waals surface area contributed by atoms with E-state index in [0.29, 0.717) is 32.5 Å². The Morgan fingerprint density at radius 1 is 0.550 bits per heavy atom. The molecule has 0 saturated carbocycles. The van der Waals surface area contributed by atoms with Crippen molar-refractivity contribution in [3.05, 3.63) is 0 Å². The lowest BCUT2D eigenvalue weighted by atomic mass is 10.0. The summed E-state index contributed by atoms with van der Waals surface area (Å²) in [4.78, 5) is 14.1. The van der Waals surface area contributed by atoms with Crippen LogP contribution >= 0.6 is 0 Å². The number of nitrogens with zero attached hydrogens (tertiary/aromatic N) is 1. The first-order valence-corrected chi connectivity index (χ1v) is 17.4. The number of hydrogen-bond acceptors (Lipinski definition) is 6. The SMILES string of the molecule is CCCCCCCCCC[C@@H](O)CN(CCCCC(O)C(=O)OCCCC)C[C@H](O)CCCCCCCCCC.